The summed E-state index contributed by atoms with van der Waals surface area (Å²) in [4.78, 5) is 3.38. The zero-order valence-corrected chi connectivity index (χ0v) is 12.6. The van der Waals surface area contributed by atoms with Gasteiger partial charge >= 0.3 is 5.13 Å². The Bertz CT molecular complexity index is 570. The van der Waals surface area contributed by atoms with Crippen molar-refractivity contribution < 1.29 is 9.72 Å². The van der Waals surface area contributed by atoms with E-state index in [0.29, 0.717) is 0 Å². The van der Waals surface area contributed by atoms with Crippen molar-refractivity contribution in [1.29, 1.82) is 0 Å². The summed E-state index contributed by atoms with van der Waals surface area (Å²) in [6.45, 7) is 0. The quantitative estimate of drug-likeness (QED) is 0.941. The van der Waals surface area contributed by atoms with E-state index in [2.05, 4.69) is 34.6 Å². The Balaban J connectivity index is 2.04. The zero-order chi connectivity index (χ0) is 14.0. The summed E-state index contributed by atoms with van der Waals surface area (Å²) in [6, 6.07) is 8.51. The minimum Gasteiger partial charge on any atom is -0.497 e. The fraction of sp³-hybridized carbons (Fsp3) is 0.438. The Morgan fingerprint density at radius 1 is 1.15 bits per heavy atom. The summed E-state index contributed by atoms with van der Waals surface area (Å²) >= 11 is 1.60. The van der Waals surface area contributed by atoms with Crippen molar-refractivity contribution in [1.82, 2.24) is 0 Å². The minimum absolute atomic E-state index is 0.0959. The first-order chi connectivity index (χ1) is 9.74. The normalized spacial score (nSPS) is 17.9. The van der Waals surface area contributed by atoms with E-state index in [1.807, 2.05) is 0 Å². The van der Waals surface area contributed by atoms with Gasteiger partial charge in [0.25, 0.3) is 0 Å². The number of anilines is 1. The zero-order valence-electron chi connectivity index (χ0n) is 11.8. The first-order valence-corrected chi connectivity index (χ1v) is 8.04. The van der Waals surface area contributed by atoms with E-state index < -0.39 is 0 Å². The third kappa shape index (κ3) is 2.29. The molecule has 3 nitrogen and oxygen atoms in total. The summed E-state index contributed by atoms with van der Waals surface area (Å²) in [6.07, 6.45) is 6.25. The first-order valence-electron chi connectivity index (χ1n) is 7.16. The number of hydrogen-bond donors (Lipinski definition) is 1. The molecule has 20 heavy (non-hydrogen) atoms. The molecular weight excluding hydrogens is 268 g/mol. The smallest absolute Gasteiger partial charge is 0.329 e. The highest BCUT2D eigenvalue weighted by atomic mass is 32.1. The summed E-state index contributed by atoms with van der Waals surface area (Å²) in [5.41, 5.74) is 8.64. The Kier molecular flexibility index (Phi) is 3.66. The largest absolute Gasteiger partial charge is 0.497 e. The summed E-state index contributed by atoms with van der Waals surface area (Å²) in [5, 5.41) is 2.98. The van der Waals surface area contributed by atoms with Crippen molar-refractivity contribution in [3.8, 4) is 5.75 Å². The number of thiazole rings is 1. The monoisotopic (exact) mass is 289 g/mol. The maximum atomic E-state index is 5.91. The molecule has 1 saturated carbocycles. The van der Waals surface area contributed by atoms with Gasteiger partial charge in [0.05, 0.1) is 12.5 Å². The van der Waals surface area contributed by atoms with Crippen molar-refractivity contribution in [2.24, 2.45) is 0 Å². The van der Waals surface area contributed by atoms with E-state index in [4.69, 9.17) is 10.5 Å². The van der Waals surface area contributed by atoms with E-state index in [-0.39, 0.29) is 5.41 Å². The van der Waals surface area contributed by atoms with Crippen LogP contribution in [-0.2, 0) is 5.41 Å². The van der Waals surface area contributed by atoms with Gasteiger partial charge in [-0.25, -0.2) is 4.98 Å². The summed E-state index contributed by atoms with van der Waals surface area (Å²) in [5.74, 6) is 0.911. The van der Waals surface area contributed by atoms with Crippen LogP contribution in [0.4, 0.5) is 5.13 Å². The van der Waals surface area contributed by atoms with Gasteiger partial charge in [0.2, 0.25) is 0 Å². The average molecular weight is 289 g/mol. The lowest BCUT2D eigenvalue weighted by Crippen LogP contribution is -2.35. The third-order valence-corrected chi connectivity index (χ3v) is 5.14. The number of nitrogens with one attached hydrogen (secondary N) is 1. The van der Waals surface area contributed by atoms with Crippen LogP contribution in [-0.4, -0.2) is 7.11 Å². The van der Waals surface area contributed by atoms with Crippen LogP contribution in [0.5, 0.6) is 5.75 Å². The highest BCUT2D eigenvalue weighted by molar-refractivity contribution is 7.13. The second kappa shape index (κ2) is 5.44. The van der Waals surface area contributed by atoms with Gasteiger partial charge in [-0.15, -0.1) is 0 Å². The van der Waals surface area contributed by atoms with Crippen LogP contribution in [0, 0.1) is 0 Å². The summed E-state index contributed by atoms with van der Waals surface area (Å²) in [7, 11) is 1.71. The van der Waals surface area contributed by atoms with Gasteiger partial charge in [-0.1, -0.05) is 42.7 Å². The van der Waals surface area contributed by atoms with E-state index in [0.717, 1.165) is 10.9 Å². The predicted octanol–water partition coefficient (Wildman–Crippen LogP) is 3.40. The molecule has 1 aromatic carbocycles. The topological polar surface area (TPSA) is 49.4 Å². The number of aromatic nitrogens is 1. The molecule has 1 aliphatic carbocycles. The van der Waals surface area contributed by atoms with Gasteiger partial charge in [0.15, 0.2) is 0 Å². The SMILES string of the molecule is COc1ccc(C2(c3csc(N)[nH+]3)CCCCC2)cc1. The first kappa shape index (κ1) is 13.4. The number of benzene rings is 1. The lowest BCUT2D eigenvalue weighted by atomic mass is 9.67. The molecule has 0 amide bonds. The maximum absolute atomic E-state index is 5.91. The van der Waals surface area contributed by atoms with E-state index in [1.165, 1.54) is 43.4 Å². The van der Waals surface area contributed by atoms with E-state index in [9.17, 15) is 0 Å². The van der Waals surface area contributed by atoms with Crippen molar-refractivity contribution in [2.75, 3.05) is 12.8 Å². The van der Waals surface area contributed by atoms with Crippen molar-refractivity contribution >= 4 is 16.5 Å². The maximum Gasteiger partial charge on any atom is 0.329 e. The summed E-state index contributed by atoms with van der Waals surface area (Å²) < 4.78 is 5.27. The van der Waals surface area contributed by atoms with Gasteiger partial charge in [-0.3, -0.25) is 5.73 Å². The Hall–Kier alpha value is -1.55. The molecule has 0 radical (unpaired) electrons. The lowest BCUT2D eigenvalue weighted by Gasteiger charge is -2.35. The Labute approximate surface area is 123 Å². The van der Waals surface area contributed by atoms with Gasteiger partial charge in [0, 0.05) is 5.38 Å². The molecule has 1 aromatic heterocycles. The van der Waals surface area contributed by atoms with E-state index >= 15 is 0 Å². The number of nitrogen functional groups attached to an aromatic ring is 1. The third-order valence-electron chi connectivity index (χ3n) is 4.43. The molecule has 1 fully saturated rings. The standard InChI is InChI=1S/C16H20N2OS/c1-19-13-7-5-12(6-8-13)16(9-3-2-4-10-16)14-11-20-15(17)18-14/h5-8,11H,2-4,9-10H2,1H3,(H2,17,18)/p+1. The molecule has 0 saturated heterocycles. The molecular formula is C16H21N2OS+. The molecule has 3 N–H and O–H groups in total. The number of aromatic amines is 1. The van der Waals surface area contributed by atoms with Crippen LogP contribution >= 0.6 is 11.3 Å². The van der Waals surface area contributed by atoms with Crippen LogP contribution < -0.4 is 15.5 Å². The molecule has 0 aliphatic heterocycles. The Morgan fingerprint density at radius 3 is 2.40 bits per heavy atom. The molecule has 106 valence electrons. The van der Waals surface area contributed by atoms with Crippen LogP contribution in [0.2, 0.25) is 0 Å². The molecule has 0 unspecified atom stereocenters. The van der Waals surface area contributed by atoms with Crippen LogP contribution in [0.25, 0.3) is 0 Å². The number of ether oxygens (including phenoxy) is 1. The average Bonchev–Trinajstić information content (AvgIpc) is 2.95. The van der Waals surface area contributed by atoms with Gasteiger partial charge in [0.1, 0.15) is 11.4 Å². The molecule has 3 rings (SSSR count). The number of methoxy groups -OCH3 is 1. The fourth-order valence-corrected chi connectivity index (χ4v) is 4.02. The molecule has 1 aliphatic rings. The number of rotatable bonds is 3. The van der Waals surface area contributed by atoms with Crippen molar-refractivity contribution in [3.63, 3.8) is 0 Å². The fourth-order valence-electron chi connectivity index (χ4n) is 3.33. The van der Waals surface area contributed by atoms with Crippen LogP contribution in [0.15, 0.2) is 29.6 Å². The minimum atomic E-state index is 0.0959. The Morgan fingerprint density at radius 2 is 1.85 bits per heavy atom. The van der Waals surface area contributed by atoms with Gasteiger partial charge in [-0.2, -0.15) is 0 Å². The lowest BCUT2D eigenvalue weighted by molar-refractivity contribution is -0.374. The second-order valence-corrected chi connectivity index (χ2v) is 6.42. The molecule has 2 aromatic rings. The number of H-pyrrole nitrogens is 1. The molecule has 4 heteroatoms. The number of nitrogens with two attached hydrogens (primary N) is 1. The van der Waals surface area contributed by atoms with Crippen molar-refractivity contribution in [2.45, 2.75) is 37.5 Å². The highest BCUT2D eigenvalue weighted by Crippen LogP contribution is 2.44. The van der Waals surface area contributed by atoms with Gasteiger partial charge in [-0.05, 0) is 30.5 Å². The van der Waals surface area contributed by atoms with Crippen LogP contribution in [0.3, 0.4) is 0 Å². The molecule has 0 atom stereocenters. The van der Waals surface area contributed by atoms with Crippen molar-refractivity contribution in [3.05, 3.63) is 40.9 Å². The molecule has 1 heterocycles. The predicted molar refractivity (Wildman–Crippen MR) is 82.1 cm³/mol. The molecule has 0 spiro atoms. The van der Waals surface area contributed by atoms with Crippen LogP contribution in [0.1, 0.15) is 43.4 Å². The number of hydrogen-bond acceptors (Lipinski definition) is 3. The highest BCUT2D eigenvalue weighted by Gasteiger charge is 2.39. The second-order valence-electron chi connectivity index (χ2n) is 5.51. The molecule has 0 bridgehead atoms. The van der Waals surface area contributed by atoms with Gasteiger partial charge < -0.3 is 4.74 Å². The van der Waals surface area contributed by atoms with E-state index in [1.54, 1.807) is 18.4 Å².